The Hall–Kier alpha value is -2.55. The van der Waals surface area contributed by atoms with E-state index < -0.39 is 0 Å². The van der Waals surface area contributed by atoms with Crippen LogP contribution in [-0.2, 0) is 22.3 Å². The van der Waals surface area contributed by atoms with Crippen molar-refractivity contribution in [1.82, 2.24) is 9.97 Å². The second-order valence-electron chi connectivity index (χ2n) is 8.17. The lowest BCUT2D eigenvalue weighted by atomic mass is 10.0. The van der Waals surface area contributed by atoms with Crippen LogP contribution in [0.15, 0.2) is 30.3 Å². The van der Waals surface area contributed by atoms with Gasteiger partial charge in [0.1, 0.15) is 5.82 Å². The van der Waals surface area contributed by atoms with Gasteiger partial charge in [-0.05, 0) is 44.0 Å². The topological polar surface area (TPSA) is 76.6 Å². The lowest BCUT2D eigenvalue weighted by Crippen LogP contribution is -2.46. The van der Waals surface area contributed by atoms with Crippen LogP contribution >= 0.6 is 11.3 Å². The number of hydrogen-bond donors (Lipinski definition) is 1. The summed E-state index contributed by atoms with van der Waals surface area (Å²) in [5.74, 6) is 0.687. The van der Waals surface area contributed by atoms with Crippen LogP contribution in [0.5, 0.6) is 0 Å². The van der Waals surface area contributed by atoms with E-state index in [9.17, 15) is 4.79 Å². The fourth-order valence-electron chi connectivity index (χ4n) is 4.36. The van der Waals surface area contributed by atoms with Crippen molar-refractivity contribution in [3.63, 3.8) is 0 Å². The predicted molar refractivity (Wildman–Crippen MR) is 122 cm³/mol. The van der Waals surface area contributed by atoms with Gasteiger partial charge in [0.05, 0.1) is 35.6 Å². The van der Waals surface area contributed by atoms with Crippen LogP contribution in [-0.4, -0.2) is 54.4 Å². The Morgan fingerprint density at radius 1 is 1.13 bits per heavy atom. The highest BCUT2D eigenvalue weighted by molar-refractivity contribution is 7.22. The van der Waals surface area contributed by atoms with Gasteiger partial charge < -0.3 is 14.4 Å². The monoisotopic (exact) mass is 438 g/mol. The van der Waals surface area contributed by atoms with Crippen LogP contribution in [0.25, 0.3) is 10.2 Å². The van der Waals surface area contributed by atoms with E-state index in [-0.39, 0.29) is 18.1 Å². The van der Waals surface area contributed by atoms with Crippen molar-refractivity contribution in [3.8, 4) is 0 Å². The van der Waals surface area contributed by atoms with Gasteiger partial charge in [0, 0.05) is 30.8 Å². The first-order valence-electron chi connectivity index (χ1n) is 10.7. The molecule has 0 saturated carbocycles. The second kappa shape index (κ2) is 8.53. The summed E-state index contributed by atoms with van der Waals surface area (Å²) in [6.45, 7) is 6.87. The molecule has 1 N–H and O–H groups in total. The molecule has 0 spiro atoms. The van der Waals surface area contributed by atoms with Crippen molar-refractivity contribution in [2.45, 2.75) is 38.9 Å². The van der Waals surface area contributed by atoms with Gasteiger partial charge >= 0.3 is 0 Å². The first-order valence-corrected chi connectivity index (χ1v) is 11.6. The summed E-state index contributed by atoms with van der Waals surface area (Å²) in [7, 11) is 0. The van der Waals surface area contributed by atoms with Crippen LogP contribution in [0.4, 0.5) is 10.9 Å². The zero-order valence-electron chi connectivity index (χ0n) is 17.8. The van der Waals surface area contributed by atoms with Crippen LogP contribution < -0.4 is 10.2 Å². The molecule has 3 aromatic rings. The number of pyridine rings is 1. The van der Waals surface area contributed by atoms with Gasteiger partial charge in [-0.3, -0.25) is 10.1 Å². The van der Waals surface area contributed by atoms with Crippen molar-refractivity contribution in [1.29, 1.82) is 0 Å². The molecule has 162 valence electrons. The Labute approximate surface area is 185 Å². The van der Waals surface area contributed by atoms with E-state index in [2.05, 4.69) is 29.0 Å². The SMILES string of the molecule is C[C@@H]1CN(c2cc(C(=O)Nc3nc4ccccc4s3)c3c(n2)CCOCC3)C[C@H](C)O1. The van der Waals surface area contributed by atoms with Crippen molar-refractivity contribution in [2.24, 2.45) is 0 Å². The van der Waals surface area contributed by atoms with Crippen molar-refractivity contribution < 1.29 is 14.3 Å². The number of nitrogens with one attached hydrogen (secondary N) is 1. The number of rotatable bonds is 3. The predicted octanol–water partition coefficient (Wildman–Crippen LogP) is 3.67. The molecule has 5 rings (SSSR count). The van der Waals surface area contributed by atoms with Crippen molar-refractivity contribution in [3.05, 3.63) is 47.2 Å². The van der Waals surface area contributed by atoms with Gasteiger partial charge in [-0.2, -0.15) is 0 Å². The molecule has 1 fully saturated rings. The van der Waals surface area contributed by atoms with Gasteiger partial charge in [0.25, 0.3) is 5.91 Å². The standard InChI is InChI=1S/C23H26N4O3S/c1-14-12-27(13-15(2)30-14)21-11-17(16-7-9-29-10-8-18(16)24-21)22(28)26-23-25-19-5-3-4-6-20(19)31-23/h3-6,11,14-15H,7-10,12-13H2,1-2H3,(H,25,26,28)/t14-,15+. The lowest BCUT2D eigenvalue weighted by molar-refractivity contribution is -0.00547. The third kappa shape index (κ3) is 4.28. The highest BCUT2D eigenvalue weighted by atomic mass is 32.1. The minimum absolute atomic E-state index is 0.118. The first kappa shape index (κ1) is 20.4. The fraction of sp³-hybridized carbons (Fsp3) is 0.435. The normalized spacial score (nSPS) is 21.5. The van der Waals surface area contributed by atoms with Crippen LogP contribution in [0.2, 0.25) is 0 Å². The number of thiazole rings is 1. The number of benzene rings is 1. The van der Waals surface area contributed by atoms with E-state index in [0.29, 0.717) is 36.8 Å². The molecule has 0 unspecified atom stereocenters. The lowest BCUT2D eigenvalue weighted by Gasteiger charge is -2.36. The minimum atomic E-state index is -0.143. The molecule has 2 aliphatic heterocycles. The van der Waals surface area contributed by atoms with Gasteiger partial charge in [-0.1, -0.05) is 23.5 Å². The Balaban J connectivity index is 1.50. The number of morpholine rings is 1. The first-order chi connectivity index (χ1) is 15.1. The molecule has 2 atom stereocenters. The summed E-state index contributed by atoms with van der Waals surface area (Å²) in [6.07, 6.45) is 1.63. The maximum Gasteiger partial charge on any atom is 0.257 e. The van der Waals surface area contributed by atoms with E-state index in [0.717, 1.165) is 40.4 Å². The highest BCUT2D eigenvalue weighted by Gasteiger charge is 2.27. The molecular formula is C23H26N4O3S. The Kier molecular flexibility index (Phi) is 5.60. The van der Waals surface area contributed by atoms with Gasteiger partial charge in [-0.25, -0.2) is 9.97 Å². The number of aromatic nitrogens is 2. The summed E-state index contributed by atoms with van der Waals surface area (Å²) in [5, 5.41) is 3.63. The minimum Gasteiger partial charge on any atom is -0.381 e. The molecule has 1 saturated heterocycles. The number of carbonyl (C=O) groups excluding carboxylic acids is 1. The molecule has 8 heteroatoms. The second-order valence-corrected chi connectivity index (χ2v) is 9.20. The summed E-state index contributed by atoms with van der Waals surface area (Å²) in [5.41, 5.74) is 3.49. The molecule has 0 radical (unpaired) electrons. The van der Waals surface area contributed by atoms with Gasteiger partial charge in [-0.15, -0.1) is 0 Å². The number of para-hydroxylation sites is 1. The van der Waals surface area contributed by atoms with Gasteiger partial charge in [0.15, 0.2) is 5.13 Å². The molecule has 0 aliphatic carbocycles. The zero-order chi connectivity index (χ0) is 21.4. The molecule has 7 nitrogen and oxygen atoms in total. The summed E-state index contributed by atoms with van der Waals surface area (Å²) < 4.78 is 12.6. The molecule has 0 bridgehead atoms. The number of hydrogen-bond acceptors (Lipinski definition) is 7. The third-order valence-electron chi connectivity index (χ3n) is 5.68. The Morgan fingerprint density at radius 3 is 2.71 bits per heavy atom. The molecular weight excluding hydrogens is 412 g/mol. The van der Waals surface area contributed by atoms with Gasteiger partial charge in [0.2, 0.25) is 0 Å². The number of anilines is 2. The van der Waals surface area contributed by atoms with E-state index >= 15 is 0 Å². The largest absolute Gasteiger partial charge is 0.381 e. The zero-order valence-corrected chi connectivity index (χ0v) is 18.6. The molecule has 2 aromatic heterocycles. The number of nitrogens with zero attached hydrogens (tertiary/aromatic N) is 3. The van der Waals surface area contributed by atoms with Crippen molar-refractivity contribution in [2.75, 3.05) is 36.5 Å². The molecule has 31 heavy (non-hydrogen) atoms. The average molecular weight is 439 g/mol. The third-order valence-corrected chi connectivity index (χ3v) is 6.63. The summed E-state index contributed by atoms with van der Waals surface area (Å²) in [4.78, 5) is 25.1. The Morgan fingerprint density at radius 2 is 1.90 bits per heavy atom. The number of fused-ring (bicyclic) bond motifs is 2. The smallest absolute Gasteiger partial charge is 0.257 e. The van der Waals surface area contributed by atoms with E-state index in [1.54, 1.807) is 0 Å². The average Bonchev–Trinajstić information content (AvgIpc) is 2.99. The van der Waals surface area contributed by atoms with Crippen LogP contribution in [0, 0.1) is 0 Å². The molecule has 1 amide bonds. The van der Waals surface area contributed by atoms with E-state index in [1.807, 2.05) is 30.3 Å². The van der Waals surface area contributed by atoms with E-state index in [1.165, 1.54) is 11.3 Å². The number of ether oxygens (including phenoxy) is 2. The quantitative estimate of drug-likeness (QED) is 0.672. The molecule has 2 aliphatic rings. The molecule has 1 aromatic carbocycles. The van der Waals surface area contributed by atoms with Crippen LogP contribution in [0.3, 0.4) is 0 Å². The summed E-state index contributed by atoms with van der Waals surface area (Å²) >= 11 is 1.48. The number of carbonyl (C=O) groups is 1. The maximum absolute atomic E-state index is 13.4. The summed E-state index contributed by atoms with van der Waals surface area (Å²) in [6, 6.07) is 9.82. The van der Waals surface area contributed by atoms with Crippen LogP contribution in [0.1, 0.15) is 35.5 Å². The molecule has 4 heterocycles. The van der Waals surface area contributed by atoms with E-state index in [4.69, 9.17) is 14.5 Å². The van der Waals surface area contributed by atoms with Crippen molar-refractivity contribution >= 4 is 38.4 Å². The Bertz CT molecular complexity index is 1070. The fourth-order valence-corrected chi connectivity index (χ4v) is 5.22. The maximum atomic E-state index is 13.4. The highest BCUT2D eigenvalue weighted by Crippen LogP contribution is 2.29. The number of amides is 1.